The quantitative estimate of drug-likeness (QED) is 0.376. The zero-order valence-electron chi connectivity index (χ0n) is 11.8. The normalized spacial score (nSPS) is 35.0. The zero-order chi connectivity index (χ0) is 15.4. The van der Waals surface area contributed by atoms with E-state index < -0.39 is 29.8 Å². The van der Waals surface area contributed by atoms with Gasteiger partial charge in [-0.3, -0.25) is 0 Å². The van der Waals surface area contributed by atoms with Gasteiger partial charge in [-0.15, -0.1) is 9.24 Å². The first-order chi connectivity index (χ1) is 10.1. The maximum atomic E-state index is 10.4. The second kappa shape index (κ2) is 8.27. The summed E-state index contributed by atoms with van der Waals surface area (Å²) in [5.74, 6) is 0. The van der Waals surface area contributed by atoms with Gasteiger partial charge in [0.25, 0.3) is 0 Å². The minimum Gasteiger partial charge on any atom is -0.389 e. The predicted molar refractivity (Wildman–Crippen MR) is 93.4 cm³/mol. The van der Waals surface area contributed by atoms with Gasteiger partial charge in [-0.05, 0) is 12.1 Å². The molecule has 0 spiro atoms. The van der Waals surface area contributed by atoms with Crippen LogP contribution in [0.2, 0.25) is 1.41 Å². The summed E-state index contributed by atoms with van der Waals surface area (Å²) in [5.41, 5.74) is -0.399. The van der Waals surface area contributed by atoms with Gasteiger partial charge in [-0.25, -0.2) is 0 Å². The fourth-order valence-electron chi connectivity index (χ4n) is 2.09. The lowest BCUT2D eigenvalue weighted by Gasteiger charge is -2.42. The van der Waals surface area contributed by atoms with Gasteiger partial charge in [-0.1, -0.05) is 52.6 Å². The number of hydrogen-bond acceptors (Lipinski definition) is 5. The third-order valence-corrected chi connectivity index (χ3v) is 5.38. The molecule has 20 heavy (non-hydrogen) atoms. The van der Waals surface area contributed by atoms with Crippen LogP contribution in [0.15, 0.2) is 35.2 Å². The number of benzene rings is 1. The number of nitrogens with one attached hydrogen (secondary N) is 1. The maximum absolute atomic E-state index is 10.4. The molecule has 1 aliphatic rings. The summed E-state index contributed by atoms with van der Waals surface area (Å²) >= 11 is 3.61. The molecule has 0 amide bonds. The van der Waals surface area contributed by atoms with Crippen molar-refractivity contribution in [2.45, 2.75) is 34.7 Å². The molecule has 1 aliphatic heterocycles. The molecule has 1 aromatic rings. The zero-order valence-corrected chi connectivity index (χ0v) is 14.9. The Bertz CT molecular complexity index is 447. The van der Waals surface area contributed by atoms with Crippen LogP contribution in [0.1, 0.15) is 0 Å². The van der Waals surface area contributed by atoms with E-state index in [4.69, 9.17) is 6.15 Å². The van der Waals surface area contributed by atoms with Crippen LogP contribution in [-0.2, 0) is 4.74 Å². The minimum atomic E-state index is -1.00. The van der Waals surface area contributed by atoms with Crippen molar-refractivity contribution in [2.75, 3.05) is 10.7 Å². The Hall–Kier alpha value is 0.570. The molecule has 7 heteroatoms. The summed E-state index contributed by atoms with van der Waals surface area (Å²) in [6.45, 7) is 0. The van der Waals surface area contributed by atoms with Crippen LogP contribution in [-0.4, -0.2) is 50.7 Å². The fourth-order valence-corrected chi connectivity index (χ4v) is 4.23. The number of thioether (sulfide) groups is 1. The van der Waals surface area contributed by atoms with Crippen LogP contribution in [0.5, 0.6) is 0 Å². The van der Waals surface area contributed by atoms with E-state index >= 15 is 0 Å². The van der Waals surface area contributed by atoms with Gasteiger partial charge in [0.05, 0.1) is 12.1 Å². The highest BCUT2D eigenvalue weighted by Crippen LogP contribution is 2.33. The number of alkyl halides is 1. The van der Waals surface area contributed by atoms with Crippen molar-refractivity contribution in [1.29, 1.82) is 0 Å². The van der Waals surface area contributed by atoms with E-state index in [1.165, 1.54) is 17.1 Å². The van der Waals surface area contributed by atoms with Crippen molar-refractivity contribution in [3.63, 3.8) is 0 Å². The highest BCUT2D eigenvalue weighted by molar-refractivity contribution is 14.1. The first kappa shape index (κ1) is 15.5. The molecule has 1 saturated heterocycles. The first-order valence-electron chi connectivity index (χ1n) is 6.78. The Labute approximate surface area is 140 Å². The van der Waals surface area contributed by atoms with Crippen LogP contribution >= 0.6 is 43.6 Å². The number of hydrogen-bond donors (Lipinski definition) is 3. The largest absolute Gasteiger partial charge is 0.389 e. The molecule has 6 atom stereocenters. The van der Waals surface area contributed by atoms with E-state index in [0.29, 0.717) is 10.7 Å². The monoisotopic (exact) mass is 429 g/mol. The average molecular weight is 429 g/mol. The smallest absolute Gasteiger partial charge is 0.126 e. The van der Waals surface area contributed by atoms with E-state index in [0.717, 1.165) is 4.90 Å². The molecule has 1 fully saturated rings. The summed E-state index contributed by atoms with van der Waals surface area (Å²) < 4.78 is 14.5. The first-order valence-corrected chi connectivity index (χ1v) is 9.55. The van der Waals surface area contributed by atoms with Crippen molar-refractivity contribution in [3.8, 4) is 0 Å². The molecular formula is C13H19INO3PS. The third-order valence-electron chi connectivity index (χ3n) is 3.13. The Kier molecular flexibility index (Phi) is 6.39. The van der Waals surface area contributed by atoms with E-state index in [1.54, 1.807) is 0 Å². The summed E-state index contributed by atoms with van der Waals surface area (Å²) in [6, 6.07) is 9.18. The van der Waals surface area contributed by atoms with Crippen LogP contribution in [0.25, 0.3) is 0 Å². The van der Waals surface area contributed by atoms with Gasteiger partial charge >= 0.3 is 0 Å². The predicted octanol–water partition coefficient (Wildman–Crippen LogP) is 1.45. The summed E-state index contributed by atoms with van der Waals surface area (Å²) in [7, 11) is 2.46. The topological polar surface area (TPSA) is 61.7 Å². The lowest BCUT2D eigenvalue weighted by Crippen LogP contribution is -2.61. The number of rotatable bonds is 5. The molecule has 1 aromatic carbocycles. The van der Waals surface area contributed by atoms with Gasteiger partial charge < -0.3 is 20.3 Å². The van der Waals surface area contributed by atoms with E-state index in [1.807, 2.05) is 30.3 Å². The van der Waals surface area contributed by atoms with E-state index in [-0.39, 0.29) is 0 Å². The molecule has 3 unspecified atom stereocenters. The highest BCUT2D eigenvalue weighted by Gasteiger charge is 2.43. The van der Waals surface area contributed by atoms with Crippen LogP contribution in [0, 0.1) is 0 Å². The third kappa shape index (κ3) is 4.06. The van der Waals surface area contributed by atoms with E-state index in [2.05, 4.69) is 31.8 Å². The molecule has 2 rings (SSSR count). The second-order valence-electron chi connectivity index (χ2n) is 4.47. The fraction of sp³-hybridized carbons (Fsp3) is 0.538. The highest BCUT2D eigenvalue weighted by atomic mass is 127. The number of halogens is 1. The molecule has 0 radical (unpaired) electrons. The Morgan fingerprint density at radius 2 is 2.05 bits per heavy atom. The van der Waals surface area contributed by atoms with Crippen molar-refractivity contribution in [1.82, 2.24) is 5.31 Å². The van der Waals surface area contributed by atoms with Gasteiger partial charge in [0, 0.05) is 15.6 Å². The van der Waals surface area contributed by atoms with Gasteiger partial charge in [0.2, 0.25) is 0 Å². The lowest BCUT2D eigenvalue weighted by atomic mass is 9.99. The Morgan fingerprint density at radius 1 is 1.35 bits per heavy atom. The molecule has 0 saturated carbocycles. The summed E-state index contributed by atoms with van der Waals surface area (Å²) in [6.07, 6.45) is -2.02. The maximum Gasteiger partial charge on any atom is 0.126 e. The molecule has 3 N–H and O–H groups in total. The minimum absolute atomic E-state index is 0.374. The standard InChI is InChI=1S/C13H19INO3PS/c14-6-9-11(16)12(17)10(15-7-19)13(18-9)20-8-4-2-1-3-5-8/h1-5,9-13,15-17H,6-7,19H2/t9?,10?,11-,12-,13+/m1/s1/i/hT. The number of aliphatic hydroxyl groups is 2. The van der Waals surface area contributed by atoms with Crippen molar-refractivity contribution in [3.05, 3.63) is 30.3 Å². The second-order valence-corrected chi connectivity index (χ2v) is 6.88. The number of aliphatic hydroxyl groups excluding tert-OH is 2. The van der Waals surface area contributed by atoms with Gasteiger partial charge in [-0.2, -0.15) is 0 Å². The molecule has 112 valence electrons. The average Bonchev–Trinajstić information content (AvgIpc) is 2.51. The van der Waals surface area contributed by atoms with Gasteiger partial charge in [0.1, 0.15) is 19.1 Å². The van der Waals surface area contributed by atoms with Crippen LogP contribution in [0.4, 0.5) is 0 Å². The Morgan fingerprint density at radius 3 is 2.65 bits per heavy atom. The molecular weight excluding hydrogens is 408 g/mol. The van der Waals surface area contributed by atoms with E-state index in [9.17, 15) is 10.2 Å². The molecule has 0 aromatic heterocycles. The lowest BCUT2D eigenvalue weighted by molar-refractivity contribution is -0.150. The number of ether oxygens (including phenoxy) is 1. The molecule has 1 heterocycles. The van der Waals surface area contributed by atoms with Crippen LogP contribution < -0.4 is 5.31 Å². The summed E-state index contributed by atoms with van der Waals surface area (Å²) in [5, 5.41) is 21.8. The van der Waals surface area contributed by atoms with Crippen molar-refractivity contribution >= 4 is 43.6 Å². The molecule has 4 nitrogen and oxygen atoms in total. The summed E-state index contributed by atoms with van der Waals surface area (Å²) in [4.78, 5) is 1.01. The van der Waals surface area contributed by atoms with Crippen molar-refractivity contribution in [2.24, 2.45) is 0 Å². The molecule has 0 bridgehead atoms. The SMILES string of the molecule is [3H]N(CP)C1[C@@H](O)[C@H](O)C(CI)O[C@H]1Sc1ccccc1. The van der Waals surface area contributed by atoms with Gasteiger partial charge in [0.15, 0.2) is 0 Å². The Balaban J connectivity index is 2.20. The molecule has 0 aliphatic carbocycles. The van der Waals surface area contributed by atoms with Crippen molar-refractivity contribution < 1.29 is 16.4 Å². The van der Waals surface area contributed by atoms with Crippen LogP contribution in [0.3, 0.4) is 0 Å².